The third-order valence-corrected chi connectivity index (χ3v) is 5.11. The molecule has 0 bridgehead atoms. The van der Waals surface area contributed by atoms with Crippen LogP contribution in [0.4, 0.5) is 5.82 Å². The van der Waals surface area contributed by atoms with Gasteiger partial charge in [0.1, 0.15) is 35.3 Å². The molecule has 0 unspecified atom stereocenters. The Hall–Kier alpha value is -0.680. The minimum Gasteiger partial charge on any atom is -0.394 e. The first kappa shape index (κ1) is 14.3. The fraction of sp³-hybridized carbons (Fsp3) is 0.455. The van der Waals surface area contributed by atoms with Crippen molar-refractivity contribution in [3.63, 3.8) is 0 Å². The highest BCUT2D eigenvalue weighted by Crippen LogP contribution is 2.39. The number of rotatable bonds is 2. The van der Waals surface area contributed by atoms with Crippen LogP contribution in [0, 0.1) is 3.57 Å². The number of nitrogen functional groups attached to an aromatic ring is 1. The van der Waals surface area contributed by atoms with Gasteiger partial charge in [0.05, 0.1) is 21.7 Å². The molecule has 3 atom stereocenters. The van der Waals surface area contributed by atoms with Gasteiger partial charge in [-0.1, -0.05) is 11.6 Å². The Labute approximate surface area is 132 Å². The molecule has 3 rings (SSSR count). The summed E-state index contributed by atoms with van der Waals surface area (Å²) in [5.41, 5.74) is 6.42. The number of aliphatic hydroxyl groups is 2. The lowest BCUT2D eigenvalue weighted by atomic mass is 10.2. The van der Waals surface area contributed by atoms with Gasteiger partial charge in [-0.2, -0.15) is 0 Å². The van der Waals surface area contributed by atoms with Gasteiger partial charge < -0.3 is 20.7 Å². The minimum absolute atomic E-state index is 0.247. The van der Waals surface area contributed by atoms with Gasteiger partial charge in [-0.15, -0.1) is 0 Å². The molecule has 1 fully saturated rings. The number of aromatic nitrogens is 3. The number of ether oxygens (including phenoxy) is 1. The van der Waals surface area contributed by atoms with E-state index in [1.54, 1.807) is 4.57 Å². The maximum Gasteiger partial charge on any atom is 0.149 e. The van der Waals surface area contributed by atoms with Crippen LogP contribution in [0.15, 0.2) is 6.33 Å². The van der Waals surface area contributed by atoms with Crippen LogP contribution < -0.4 is 5.73 Å². The van der Waals surface area contributed by atoms with Gasteiger partial charge in [0.2, 0.25) is 0 Å². The topological polar surface area (TPSA) is 106 Å². The van der Waals surface area contributed by atoms with Crippen LogP contribution in [-0.4, -0.2) is 43.6 Å². The van der Waals surface area contributed by atoms with Crippen molar-refractivity contribution in [2.24, 2.45) is 0 Å². The highest BCUT2D eigenvalue weighted by molar-refractivity contribution is 14.1. The van der Waals surface area contributed by atoms with E-state index < -0.39 is 18.4 Å². The second kappa shape index (κ2) is 5.26. The molecule has 9 heteroatoms. The molecule has 20 heavy (non-hydrogen) atoms. The van der Waals surface area contributed by atoms with Crippen LogP contribution in [0.2, 0.25) is 5.15 Å². The van der Waals surface area contributed by atoms with E-state index in [0.717, 1.165) is 3.57 Å². The maximum atomic E-state index is 9.84. The molecule has 0 aromatic carbocycles. The van der Waals surface area contributed by atoms with E-state index in [9.17, 15) is 5.11 Å². The molecule has 1 saturated heterocycles. The van der Waals surface area contributed by atoms with E-state index in [1.807, 2.05) is 0 Å². The third kappa shape index (κ3) is 2.06. The van der Waals surface area contributed by atoms with Crippen molar-refractivity contribution in [3.8, 4) is 0 Å². The third-order valence-electron chi connectivity index (χ3n) is 3.37. The number of hydrogen-bond acceptors (Lipinski definition) is 6. The van der Waals surface area contributed by atoms with E-state index in [4.69, 9.17) is 27.2 Å². The molecule has 1 aliphatic rings. The molecule has 7 nitrogen and oxygen atoms in total. The van der Waals surface area contributed by atoms with Gasteiger partial charge >= 0.3 is 0 Å². The van der Waals surface area contributed by atoms with E-state index >= 15 is 0 Å². The molecule has 2 aromatic rings. The second-order valence-corrected chi connectivity index (χ2v) is 5.98. The summed E-state index contributed by atoms with van der Waals surface area (Å²) in [6, 6.07) is 0. The molecule has 0 saturated carbocycles. The van der Waals surface area contributed by atoms with Gasteiger partial charge in [0, 0.05) is 6.42 Å². The van der Waals surface area contributed by atoms with Crippen LogP contribution in [0.3, 0.4) is 0 Å². The van der Waals surface area contributed by atoms with Crippen LogP contribution >= 0.6 is 34.2 Å². The summed E-state index contributed by atoms with van der Waals surface area (Å²) in [4.78, 5) is 8.16. The van der Waals surface area contributed by atoms with Crippen molar-refractivity contribution >= 4 is 51.0 Å². The SMILES string of the molecule is Nc1ncnc2c1c(I)c(Cl)n2[C@@H]1C[C@H](O)[C@@H](CO)O1. The van der Waals surface area contributed by atoms with Gasteiger partial charge in [0.25, 0.3) is 0 Å². The Morgan fingerprint density at radius 3 is 2.95 bits per heavy atom. The normalized spacial score (nSPS) is 26.5. The summed E-state index contributed by atoms with van der Waals surface area (Å²) in [6.07, 6.45) is -0.166. The van der Waals surface area contributed by atoms with Crippen LogP contribution in [0.25, 0.3) is 11.0 Å². The van der Waals surface area contributed by atoms with Crippen molar-refractivity contribution in [1.82, 2.24) is 14.5 Å². The Morgan fingerprint density at radius 2 is 2.30 bits per heavy atom. The van der Waals surface area contributed by atoms with Crippen molar-refractivity contribution in [2.45, 2.75) is 24.9 Å². The summed E-state index contributed by atoms with van der Waals surface area (Å²) in [5.74, 6) is 0.345. The van der Waals surface area contributed by atoms with Crippen LogP contribution in [0.5, 0.6) is 0 Å². The van der Waals surface area contributed by atoms with Gasteiger partial charge in [-0.3, -0.25) is 4.57 Å². The number of nitrogens with two attached hydrogens (primary N) is 1. The lowest BCUT2D eigenvalue weighted by Gasteiger charge is -2.15. The van der Waals surface area contributed by atoms with Gasteiger partial charge in [-0.25, -0.2) is 9.97 Å². The molecule has 2 aromatic heterocycles. The van der Waals surface area contributed by atoms with Gasteiger partial charge in [0.15, 0.2) is 0 Å². The van der Waals surface area contributed by atoms with Crippen LogP contribution in [0.1, 0.15) is 12.6 Å². The Balaban J connectivity index is 2.13. The number of anilines is 1. The smallest absolute Gasteiger partial charge is 0.149 e. The number of halogens is 2. The Bertz CT molecular complexity index is 665. The molecular weight excluding hydrogens is 399 g/mol. The van der Waals surface area contributed by atoms with Crippen molar-refractivity contribution in [1.29, 1.82) is 0 Å². The summed E-state index contributed by atoms with van der Waals surface area (Å²) >= 11 is 8.41. The average molecular weight is 411 g/mol. The molecule has 0 aliphatic carbocycles. The zero-order valence-corrected chi connectivity index (χ0v) is 13.1. The average Bonchev–Trinajstić information content (AvgIpc) is 2.90. The second-order valence-electron chi connectivity index (χ2n) is 4.55. The molecule has 4 N–H and O–H groups in total. The molecule has 0 spiro atoms. The fourth-order valence-corrected chi connectivity index (χ4v) is 3.45. The van der Waals surface area contributed by atoms with E-state index in [-0.39, 0.29) is 6.61 Å². The van der Waals surface area contributed by atoms with Gasteiger partial charge in [-0.05, 0) is 22.6 Å². The van der Waals surface area contributed by atoms with Crippen molar-refractivity contribution < 1.29 is 14.9 Å². The standard InChI is InChI=1S/C11H12ClIN4O3/c12-9-8(13)7-10(14)15-3-16-11(7)17(9)6-1-4(19)5(2-18)20-6/h3-6,18-19H,1-2H2,(H2,14,15,16)/t4-,5+,6-/m0/s1. The highest BCUT2D eigenvalue weighted by Gasteiger charge is 2.37. The largest absolute Gasteiger partial charge is 0.394 e. The summed E-state index contributed by atoms with van der Waals surface area (Å²) in [5, 5.41) is 20.1. The first-order valence-electron chi connectivity index (χ1n) is 5.94. The van der Waals surface area contributed by atoms with Crippen molar-refractivity contribution in [3.05, 3.63) is 15.1 Å². The summed E-state index contributed by atoms with van der Waals surface area (Å²) < 4.78 is 8.04. The number of fused-ring (bicyclic) bond motifs is 1. The predicted octanol–water partition coefficient (Wildman–Crippen LogP) is 0.912. The van der Waals surface area contributed by atoms with E-state index in [2.05, 4.69) is 32.6 Å². The molecule has 1 aliphatic heterocycles. The number of aliphatic hydroxyl groups excluding tert-OH is 2. The fourth-order valence-electron chi connectivity index (χ4n) is 2.38. The number of nitrogens with zero attached hydrogens (tertiary/aromatic N) is 3. The Morgan fingerprint density at radius 1 is 1.55 bits per heavy atom. The lowest BCUT2D eigenvalue weighted by Crippen LogP contribution is -2.24. The lowest BCUT2D eigenvalue weighted by molar-refractivity contribution is -0.0429. The van der Waals surface area contributed by atoms with E-state index in [1.165, 1.54) is 6.33 Å². The zero-order valence-electron chi connectivity index (χ0n) is 10.2. The highest BCUT2D eigenvalue weighted by atomic mass is 127. The molecule has 0 radical (unpaired) electrons. The summed E-state index contributed by atoms with van der Waals surface area (Å²) in [7, 11) is 0. The maximum absolute atomic E-state index is 9.84. The molecule has 3 heterocycles. The zero-order chi connectivity index (χ0) is 14.4. The Kier molecular flexibility index (Phi) is 3.75. The van der Waals surface area contributed by atoms with Crippen LogP contribution in [-0.2, 0) is 4.74 Å². The molecular formula is C11H12ClIN4O3. The quantitative estimate of drug-likeness (QED) is 0.636. The minimum atomic E-state index is -0.740. The first-order valence-corrected chi connectivity index (χ1v) is 7.40. The first-order chi connectivity index (χ1) is 9.54. The number of hydrogen-bond donors (Lipinski definition) is 3. The predicted molar refractivity (Wildman–Crippen MR) is 81.3 cm³/mol. The molecule has 108 valence electrons. The van der Waals surface area contributed by atoms with Crippen molar-refractivity contribution in [2.75, 3.05) is 12.3 Å². The molecule has 0 amide bonds. The monoisotopic (exact) mass is 410 g/mol. The summed E-state index contributed by atoms with van der Waals surface area (Å²) in [6.45, 7) is -0.247. The van der Waals surface area contributed by atoms with E-state index in [0.29, 0.717) is 28.4 Å².